The fourth-order valence-corrected chi connectivity index (χ4v) is 2.94. The summed E-state index contributed by atoms with van der Waals surface area (Å²) < 4.78 is 10.7. The molecule has 1 aliphatic heterocycles. The van der Waals surface area contributed by atoms with Crippen LogP contribution in [0.15, 0.2) is 18.2 Å². The van der Waals surface area contributed by atoms with E-state index in [1.807, 2.05) is 18.2 Å². The summed E-state index contributed by atoms with van der Waals surface area (Å²) >= 11 is 0. The molecular formula is C15H21NO3. The van der Waals surface area contributed by atoms with Crippen LogP contribution in [0.25, 0.3) is 0 Å². The summed E-state index contributed by atoms with van der Waals surface area (Å²) in [5, 5.41) is 13.2. The Bertz CT molecular complexity index is 429. The van der Waals surface area contributed by atoms with E-state index < -0.39 is 0 Å². The van der Waals surface area contributed by atoms with Crippen molar-refractivity contribution < 1.29 is 14.6 Å². The monoisotopic (exact) mass is 263 g/mol. The second-order valence-corrected chi connectivity index (χ2v) is 5.35. The highest BCUT2D eigenvalue weighted by Gasteiger charge is 2.21. The van der Waals surface area contributed by atoms with Crippen molar-refractivity contribution in [1.82, 2.24) is 5.32 Å². The van der Waals surface area contributed by atoms with E-state index in [0.717, 1.165) is 17.1 Å². The van der Waals surface area contributed by atoms with E-state index in [9.17, 15) is 5.11 Å². The van der Waals surface area contributed by atoms with Gasteiger partial charge in [-0.25, -0.2) is 0 Å². The van der Waals surface area contributed by atoms with Gasteiger partial charge in [0.25, 0.3) is 0 Å². The molecule has 1 fully saturated rings. The first-order valence-corrected chi connectivity index (χ1v) is 7.13. The Kier molecular flexibility index (Phi) is 3.89. The summed E-state index contributed by atoms with van der Waals surface area (Å²) in [6.07, 6.45) is 6.34. The Morgan fingerprint density at radius 2 is 1.95 bits per heavy atom. The lowest BCUT2D eigenvalue weighted by atomic mass is 9.94. The second-order valence-electron chi connectivity index (χ2n) is 5.35. The molecule has 1 aliphatic carbocycles. The molecule has 1 saturated carbocycles. The largest absolute Gasteiger partial charge is 0.454 e. The van der Waals surface area contributed by atoms with Crippen LogP contribution in [0.5, 0.6) is 11.5 Å². The van der Waals surface area contributed by atoms with Crippen LogP contribution in [-0.2, 0) is 0 Å². The Balaban J connectivity index is 1.70. The highest BCUT2D eigenvalue weighted by Crippen LogP contribution is 2.34. The fraction of sp³-hybridized carbons (Fsp3) is 0.600. The molecule has 1 heterocycles. The van der Waals surface area contributed by atoms with Crippen LogP contribution < -0.4 is 14.8 Å². The number of hydrogen-bond acceptors (Lipinski definition) is 4. The van der Waals surface area contributed by atoms with Crippen molar-refractivity contribution in [1.29, 1.82) is 0 Å². The molecule has 1 aromatic carbocycles. The molecule has 19 heavy (non-hydrogen) atoms. The summed E-state index contributed by atoms with van der Waals surface area (Å²) in [5.74, 6) is 1.57. The van der Waals surface area contributed by atoms with Crippen molar-refractivity contribution in [2.24, 2.45) is 0 Å². The zero-order valence-electron chi connectivity index (χ0n) is 11.1. The van der Waals surface area contributed by atoms with E-state index in [1.54, 1.807) is 0 Å². The average molecular weight is 263 g/mol. The lowest BCUT2D eigenvalue weighted by molar-refractivity contribution is 0.174. The standard InChI is InChI=1S/C15H21NO3/c17-9-13(16-12-4-2-1-3-5-12)11-6-7-14-15(8-11)19-10-18-14/h6-8,12-13,16-17H,1-5,9-10H2. The molecule has 0 spiro atoms. The summed E-state index contributed by atoms with van der Waals surface area (Å²) in [6, 6.07) is 6.40. The Hall–Kier alpha value is -1.26. The number of nitrogens with one attached hydrogen (secondary N) is 1. The molecule has 0 bridgehead atoms. The summed E-state index contributed by atoms with van der Waals surface area (Å²) in [5.41, 5.74) is 1.07. The first-order chi connectivity index (χ1) is 9.36. The predicted molar refractivity (Wildman–Crippen MR) is 72.4 cm³/mol. The molecule has 2 aliphatic rings. The average Bonchev–Trinajstić information content (AvgIpc) is 2.93. The Morgan fingerprint density at radius 3 is 2.74 bits per heavy atom. The fourth-order valence-electron chi connectivity index (χ4n) is 2.94. The molecule has 4 nitrogen and oxygen atoms in total. The molecule has 4 heteroatoms. The van der Waals surface area contributed by atoms with Crippen molar-refractivity contribution in [2.75, 3.05) is 13.4 Å². The minimum atomic E-state index is -0.0161. The molecule has 0 aromatic heterocycles. The summed E-state index contributed by atoms with van der Waals surface area (Å²) in [7, 11) is 0. The van der Waals surface area contributed by atoms with Crippen LogP contribution in [0.2, 0.25) is 0 Å². The Morgan fingerprint density at radius 1 is 1.16 bits per heavy atom. The van der Waals surface area contributed by atoms with Gasteiger partial charge in [0.1, 0.15) is 0 Å². The van der Waals surface area contributed by atoms with Gasteiger partial charge >= 0.3 is 0 Å². The summed E-state index contributed by atoms with van der Waals surface area (Å²) in [6.45, 7) is 0.398. The van der Waals surface area contributed by atoms with E-state index in [0.29, 0.717) is 12.8 Å². The molecule has 3 rings (SSSR count). The van der Waals surface area contributed by atoms with Gasteiger partial charge in [0, 0.05) is 6.04 Å². The molecule has 0 radical (unpaired) electrons. The molecular weight excluding hydrogens is 242 g/mol. The highest BCUT2D eigenvalue weighted by atomic mass is 16.7. The van der Waals surface area contributed by atoms with Crippen LogP contribution in [0, 0.1) is 0 Å². The lowest BCUT2D eigenvalue weighted by Gasteiger charge is -2.28. The van der Waals surface area contributed by atoms with Crippen LogP contribution in [0.3, 0.4) is 0 Å². The number of rotatable bonds is 4. The van der Waals surface area contributed by atoms with Gasteiger partial charge < -0.3 is 19.9 Å². The topological polar surface area (TPSA) is 50.7 Å². The number of aliphatic hydroxyl groups is 1. The third-order valence-electron chi connectivity index (χ3n) is 4.02. The van der Waals surface area contributed by atoms with E-state index in [1.165, 1.54) is 32.1 Å². The van der Waals surface area contributed by atoms with E-state index >= 15 is 0 Å². The third-order valence-corrected chi connectivity index (χ3v) is 4.02. The predicted octanol–water partition coefficient (Wildman–Crippen LogP) is 2.37. The van der Waals surface area contributed by atoms with Crippen molar-refractivity contribution >= 4 is 0 Å². The van der Waals surface area contributed by atoms with Crippen molar-refractivity contribution in [3.05, 3.63) is 23.8 Å². The molecule has 104 valence electrons. The molecule has 0 saturated heterocycles. The molecule has 1 atom stereocenters. The van der Waals surface area contributed by atoms with Crippen LogP contribution in [-0.4, -0.2) is 24.5 Å². The number of ether oxygens (including phenoxy) is 2. The van der Waals surface area contributed by atoms with Gasteiger partial charge in [-0.3, -0.25) is 0 Å². The lowest BCUT2D eigenvalue weighted by Crippen LogP contribution is -2.36. The number of aliphatic hydroxyl groups excluding tert-OH is 1. The van der Waals surface area contributed by atoms with Gasteiger partial charge in [-0.05, 0) is 30.5 Å². The van der Waals surface area contributed by atoms with Crippen LogP contribution in [0.1, 0.15) is 43.7 Å². The molecule has 2 N–H and O–H groups in total. The van der Waals surface area contributed by atoms with Gasteiger partial charge in [0.05, 0.1) is 12.6 Å². The number of benzene rings is 1. The van der Waals surface area contributed by atoms with Crippen molar-refractivity contribution in [3.63, 3.8) is 0 Å². The maximum absolute atomic E-state index is 9.62. The van der Waals surface area contributed by atoms with E-state index in [-0.39, 0.29) is 12.6 Å². The maximum Gasteiger partial charge on any atom is 0.231 e. The van der Waals surface area contributed by atoms with Crippen molar-refractivity contribution in [3.8, 4) is 11.5 Å². The smallest absolute Gasteiger partial charge is 0.231 e. The molecule has 0 amide bonds. The second kappa shape index (κ2) is 5.80. The van der Waals surface area contributed by atoms with E-state index in [4.69, 9.17) is 9.47 Å². The zero-order valence-corrected chi connectivity index (χ0v) is 11.1. The van der Waals surface area contributed by atoms with Gasteiger partial charge in [0.2, 0.25) is 6.79 Å². The minimum absolute atomic E-state index is 0.0161. The van der Waals surface area contributed by atoms with Gasteiger partial charge in [-0.15, -0.1) is 0 Å². The van der Waals surface area contributed by atoms with Crippen molar-refractivity contribution in [2.45, 2.75) is 44.2 Å². The third kappa shape index (κ3) is 2.85. The minimum Gasteiger partial charge on any atom is -0.454 e. The first kappa shape index (κ1) is 12.8. The highest BCUT2D eigenvalue weighted by molar-refractivity contribution is 5.45. The maximum atomic E-state index is 9.62. The van der Waals surface area contributed by atoms with Gasteiger partial charge in [-0.2, -0.15) is 0 Å². The van der Waals surface area contributed by atoms with Gasteiger partial charge in [-0.1, -0.05) is 25.3 Å². The molecule has 1 aromatic rings. The van der Waals surface area contributed by atoms with Crippen LogP contribution >= 0.6 is 0 Å². The SMILES string of the molecule is OCC(NC1CCCCC1)c1ccc2c(c1)OCO2. The first-order valence-electron chi connectivity index (χ1n) is 7.13. The summed E-state index contributed by atoms with van der Waals surface area (Å²) in [4.78, 5) is 0. The normalized spacial score (nSPS) is 20.5. The van der Waals surface area contributed by atoms with E-state index in [2.05, 4.69) is 5.32 Å². The quantitative estimate of drug-likeness (QED) is 0.875. The number of fused-ring (bicyclic) bond motifs is 1. The van der Waals surface area contributed by atoms with Crippen LogP contribution in [0.4, 0.5) is 0 Å². The number of hydrogen-bond donors (Lipinski definition) is 2. The molecule has 1 unspecified atom stereocenters. The zero-order chi connectivity index (χ0) is 13.1. The Labute approximate surface area is 113 Å². The van der Waals surface area contributed by atoms with Gasteiger partial charge in [0.15, 0.2) is 11.5 Å².